The SMILES string of the molecule is c1cnc2c(OCCN3CCOCC3)cccc2c1. The number of ether oxygens (including phenoxy) is 2. The Morgan fingerprint density at radius 3 is 2.89 bits per heavy atom. The molecule has 0 radical (unpaired) electrons. The highest BCUT2D eigenvalue weighted by molar-refractivity contribution is 5.84. The van der Waals surface area contributed by atoms with Crippen LogP contribution in [0.5, 0.6) is 5.75 Å². The van der Waals surface area contributed by atoms with E-state index in [1.54, 1.807) is 6.20 Å². The van der Waals surface area contributed by atoms with Gasteiger partial charge >= 0.3 is 0 Å². The Morgan fingerprint density at radius 2 is 2.00 bits per heavy atom. The Bertz CT molecular complexity index is 533. The Morgan fingerprint density at radius 1 is 1.16 bits per heavy atom. The van der Waals surface area contributed by atoms with Crippen LogP contribution >= 0.6 is 0 Å². The van der Waals surface area contributed by atoms with Crippen LogP contribution in [0, 0.1) is 0 Å². The molecule has 0 unspecified atom stereocenters. The normalized spacial score (nSPS) is 16.6. The molecular weight excluding hydrogens is 240 g/mol. The minimum atomic E-state index is 0.690. The van der Waals surface area contributed by atoms with Gasteiger partial charge in [-0.3, -0.25) is 9.88 Å². The van der Waals surface area contributed by atoms with Gasteiger partial charge in [-0.25, -0.2) is 0 Å². The van der Waals surface area contributed by atoms with E-state index in [-0.39, 0.29) is 0 Å². The molecule has 100 valence electrons. The third kappa shape index (κ3) is 3.03. The minimum Gasteiger partial charge on any atom is -0.490 e. The van der Waals surface area contributed by atoms with Crippen LogP contribution in [0.15, 0.2) is 36.5 Å². The molecule has 0 atom stereocenters. The van der Waals surface area contributed by atoms with Gasteiger partial charge in [0.05, 0.1) is 13.2 Å². The van der Waals surface area contributed by atoms with Gasteiger partial charge in [0, 0.05) is 31.2 Å². The summed E-state index contributed by atoms with van der Waals surface area (Å²) in [7, 11) is 0. The van der Waals surface area contributed by atoms with E-state index in [0.29, 0.717) is 6.61 Å². The second-order valence-corrected chi connectivity index (χ2v) is 4.63. The van der Waals surface area contributed by atoms with Crippen molar-refractivity contribution in [3.05, 3.63) is 36.5 Å². The molecule has 4 nitrogen and oxygen atoms in total. The minimum absolute atomic E-state index is 0.690. The summed E-state index contributed by atoms with van der Waals surface area (Å²) in [6.45, 7) is 5.28. The highest BCUT2D eigenvalue weighted by Gasteiger charge is 2.10. The van der Waals surface area contributed by atoms with Crippen molar-refractivity contribution in [3.8, 4) is 5.75 Å². The van der Waals surface area contributed by atoms with Gasteiger partial charge in [0.25, 0.3) is 0 Å². The average Bonchev–Trinajstić information content (AvgIpc) is 2.49. The maximum atomic E-state index is 5.88. The van der Waals surface area contributed by atoms with Gasteiger partial charge in [0.15, 0.2) is 0 Å². The fourth-order valence-electron chi connectivity index (χ4n) is 2.30. The van der Waals surface area contributed by atoms with Gasteiger partial charge in [-0.2, -0.15) is 0 Å². The van der Waals surface area contributed by atoms with Crippen LogP contribution in [0.25, 0.3) is 10.9 Å². The second-order valence-electron chi connectivity index (χ2n) is 4.63. The van der Waals surface area contributed by atoms with Crippen molar-refractivity contribution in [2.45, 2.75) is 0 Å². The summed E-state index contributed by atoms with van der Waals surface area (Å²) in [5.74, 6) is 0.867. The summed E-state index contributed by atoms with van der Waals surface area (Å²) >= 11 is 0. The van der Waals surface area contributed by atoms with Gasteiger partial charge in [-0.05, 0) is 12.1 Å². The van der Waals surface area contributed by atoms with Crippen molar-refractivity contribution in [2.75, 3.05) is 39.5 Å². The molecule has 1 aliphatic heterocycles. The number of morpholine rings is 1. The first kappa shape index (κ1) is 12.4. The number of para-hydroxylation sites is 1. The molecule has 0 saturated carbocycles. The quantitative estimate of drug-likeness (QED) is 0.839. The van der Waals surface area contributed by atoms with Crippen molar-refractivity contribution >= 4 is 10.9 Å². The Labute approximate surface area is 113 Å². The van der Waals surface area contributed by atoms with E-state index in [0.717, 1.165) is 49.5 Å². The molecule has 2 aromatic rings. The molecule has 19 heavy (non-hydrogen) atoms. The molecule has 4 heteroatoms. The van der Waals surface area contributed by atoms with E-state index in [4.69, 9.17) is 9.47 Å². The maximum Gasteiger partial charge on any atom is 0.145 e. The van der Waals surface area contributed by atoms with E-state index < -0.39 is 0 Å². The van der Waals surface area contributed by atoms with Crippen LogP contribution in [-0.2, 0) is 4.74 Å². The predicted octanol–water partition coefficient (Wildman–Crippen LogP) is 1.95. The first-order chi connectivity index (χ1) is 9.43. The van der Waals surface area contributed by atoms with Gasteiger partial charge in [0.1, 0.15) is 17.9 Å². The van der Waals surface area contributed by atoms with Crippen LogP contribution in [0.1, 0.15) is 0 Å². The summed E-state index contributed by atoms with van der Waals surface area (Å²) in [6.07, 6.45) is 1.80. The standard InChI is InChI=1S/C15H18N2O2/c1-3-13-4-2-6-16-15(13)14(5-1)19-12-9-17-7-10-18-11-8-17/h1-6H,7-12H2. The van der Waals surface area contributed by atoms with Gasteiger partial charge < -0.3 is 9.47 Å². The van der Waals surface area contributed by atoms with Crippen LogP contribution in [0.4, 0.5) is 0 Å². The zero-order valence-electron chi connectivity index (χ0n) is 10.9. The molecule has 1 fully saturated rings. The smallest absolute Gasteiger partial charge is 0.145 e. The summed E-state index contributed by atoms with van der Waals surface area (Å²) in [5, 5.41) is 1.12. The molecule has 1 aromatic carbocycles. The van der Waals surface area contributed by atoms with Gasteiger partial charge in [-0.1, -0.05) is 18.2 Å². The van der Waals surface area contributed by atoms with Crippen LogP contribution < -0.4 is 4.74 Å². The first-order valence-corrected chi connectivity index (χ1v) is 6.70. The number of benzene rings is 1. The lowest BCUT2D eigenvalue weighted by molar-refractivity contribution is 0.0323. The molecule has 0 amide bonds. The fraction of sp³-hybridized carbons (Fsp3) is 0.400. The molecule has 1 aliphatic rings. The van der Waals surface area contributed by atoms with E-state index in [2.05, 4.69) is 22.0 Å². The number of nitrogens with zero attached hydrogens (tertiary/aromatic N) is 2. The third-order valence-electron chi connectivity index (χ3n) is 3.36. The topological polar surface area (TPSA) is 34.6 Å². The molecule has 1 aromatic heterocycles. The highest BCUT2D eigenvalue weighted by atomic mass is 16.5. The number of pyridine rings is 1. The van der Waals surface area contributed by atoms with Crippen molar-refractivity contribution in [2.24, 2.45) is 0 Å². The second kappa shape index (κ2) is 5.99. The predicted molar refractivity (Wildman–Crippen MR) is 74.5 cm³/mol. The molecule has 0 aliphatic carbocycles. The first-order valence-electron chi connectivity index (χ1n) is 6.70. The summed E-state index contributed by atoms with van der Waals surface area (Å²) < 4.78 is 11.2. The Balaban J connectivity index is 1.62. The lowest BCUT2D eigenvalue weighted by Crippen LogP contribution is -2.38. The monoisotopic (exact) mass is 258 g/mol. The van der Waals surface area contributed by atoms with E-state index in [1.165, 1.54) is 0 Å². The Kier molecular flexibility index (Phi) is 3.91. The molecule has 3 rings (SSSR count). The number of rotatable bonds is 4. The summed E-state index contributed by atoms with van der Waals surface area (Å²) in [6, 6.07) is 10.0. The lowest BCUT2D eigenvalue weighted by Gasteiger charge is -2.26. The third-order valence-corrected chi connectivity index (χ3v) is 3.36. The summed E-state index contributed by atoms with van der Waals surface area (Å²) in [4.78, 5) is 6.75. The average molecular weight is 258 g/mol. The highest BCUT2D eigenvalue weighted by Crippen LogP contribution is 2.22. The van der Waals surface area contributed by atoms with Crippen molar-refractivity contribution in [1.29, 1.82) is 0 Å². The number of fused-ring (bicyclic) bond motifs is 1. The van der Waals surface area contributed by atoms with Crippen molar-refractivity contribution in [1.82, 2.24) is 9.88 Å². The summed E-state index contributed by atoms with van der Waals surface area (Å²) in [5.41, 5.74) is 0.937. The fourth-order valence-corrected chi connectivity index (χ4v) is 2.30. The number of hydrogen-bond acceptors (Lipinski definition) is 4. The van der Waals surface area contributed by atoms with Gasteiger partial charge in [0.2, 0.25) is 0 Å². The molecule has 0 N–H and O–H groups in total. The number of hydrogen-bond donors (Lipinski definition) is 0. The van der Waals surface area contributed by atoms with Crippen LogP contribution in [-0.4, -0.2) is 49.3 Å². The molecule has 2 heterocycles. The molecule has 0 bridgehead atoms. The van der Waals surface area contributed by atoms with Crippen molar-refractivity contribution in [3.63, 3.8) is 0 Å². The Hall–Kier alpha value is -1.65. The zero-order valence-corrected chi connectivity index (χ0v) is 10.9. The number of aromatic nitrogens is 1. The molecule has 1 saturated heterocycles. The van der Waals surface area contributed by atoms with E-state index in [1.807, 2.05) is 18.2 Å². The van der Waals surface area contributed by atoms with Gasteiger partial charge in [-0.15, -0.1) is 0 Å². The largest absolute Gasteiger partial charge is 0.490 e. The maximum absolute atomic E-state index is 5.88. The van der Waals surface area contributed by atoms with Crippen LogP contribution in [0.3, 0.4) is 0 Å². The van der Waals surface area contributed by atoms with Crippen LogP contribution in [0.2, 0.25) is 0 Å². The zero-order chi connectivity index (χ0) is 12.9. The van der Waals surface area contributed by atoms with E-state index >= 15 is 0 Å². The van der Waals surface area contributed by atoms with E-state index in [9.17, 15) is 0 Å². The lowest BCUT2D eigenvalue weighted by atomic mass is 10.2. The molecule has 0 spiro atoms. The van der Waals surface area contributed by atoms with Crippen molar-refractivity contribution < 1.29 is 9.47 Å². The molecular formula is C15H18N2O2.